The zero-order valence-electron chi connectivity index (χ0n) is 29.9. The number of nitrogens with two attached hydrogens (primary N) is 1. The molecule has 1 saturated heterocycles. The van der Waals surface area contributed by atoms with Crippen LogP contribution in [0.2, 0.25) is 0 Å². The second kappa shape index (κ2) is 12.5. The number of halogens is 1. The molecule has 2 saturated carbocycles. The quantitative estimate of drug-likeness (QED) is 0.200. The molecule has 10 nitrogen and oxygen atoms in total. The Balaban J connectivity index is 1.05. The number of likely N-dealkylation sites (tertiary alicyclic amines) is 1. The molecular formula is C42H43FN8O2. The highest BCUT2D eigenvalue weighted by atomic mass is 19.1. The van der Waals surface area contributed by atoms with E-state index in [2.05, 4.69) is 26.6 Å². The standard InChI is InChI=1S/C42H43FN8O2/c1-23-33-15-11-25-20-36(49(39(25)47-33)16-6-2-3-9-34-37(41(52)46-23)30-8-5-4-7-26(30)21-45-34)40-48-35-19-27(18-31(43)38(35)51(40)28-13-14-28)42(53)50-22-32(44)24-10-12-29(50)17-24/h4-5,7-8,11,15,18-21,23-24,28-29,32H,2-3,6,9-10,12-14,16-17,22,44H2,1H3,(H,46,52)/t23-,24-,29+,32+/m1/s1. The third kappa shape index (κ3) is 5.42. The maximum absolute atomic E-state index is 16.3. The number of nitrogens with one attached hydrogen (secondary N) is 1. The van der Waals surface area contributed by atoms with Crippen LogP contribution in [-0.4, -0.2) is 59.4 Å². The number of hydrogen-bond acceptors (Lipinski definition) is 6. The van der Waals surface area contributed by atoms with Gasteiger partial charge in [0, 0.05) is 53.7 Å². The average Bonchev–Trinajstić information content (AvgIpc) is 3.63. The van der Waals surface area contributed by atoms with Gasteiger partial charge in [0.15, 0.2) is 5.82 Å². The molecule has 0 spiro atoms. The average molecular weight is 711 g/mol. The molecule has 4 bridgehead atoms. The van der Waals surface area contributed by atoms with Crippen LogP contribution in [0.25, 0.3) is 44.4 Å². The number of nitrogens with zero attached hydrogens (tertiary/aromatic N) is 6. The Morgan fingerprint density at radius 2 is 1.81 bits per heavy atom. The Kier molecular flexibility index (Phi) is 7.64. The van der Waals surface area contributed by atoms with Gasteiger partial charge in [-0.1, -0.05) is 30.7 Å². The second-order valence-corrected chi connectivity index (χ2v) is 15.7. The predicted octanol–water partition coefficient (Wildman–Crippen LogP) is 7.24. The molecule has 2 aliphatic carbocycles. The Bertz CT molecular complexity index is 2460. The Hall–Kier alpha value is -5.16. The SMILES string of the molecule is C[C@H]1NC(=O)c2c(ncc3ccccc23)CCCCCn2c(-c3nc4cc(C(=O)N5C[C@H](N)[C@@H]6CC[C@H]5C6)cc(F)c4n3C3CC3)cc3ccc1nc32. The van der Waals surface area contributed by atoms with Crippen molar-refractivity contribution in [3.63, 3.8) is 0 Å². The fourth-order valence-corrected chi connectivity index (χ4v) is 9.30. The topological polar surface area (TPSA) is 124 Å². The minimum atomic E-state index is -0.425. The summed E-state index contributed by atoms with van der Waals surface area (Å²) in [6.07, 6.45) is 10.0. The zero-order chi connectivity index (χ0) is 36.0. The number of piperidine rings is 1. The van der Waals surface area contributed by atoms with Crippen LogP contribution in [0, 0.1) is 11.7 Å². The molecule has 6 heterocycles. The highest BCUT2D eigenvalue weighted by molar-refractivity contribution is 6.08. The number of imidazole rings is 1. The van der Waals surface area contributed by atoms with Gasteiger partial charge in [-0.05, 0) is 99.9 Å². The molecule has 0 radical (unpaired) electrons. The molecule has 10 rings (SSSR count). The zero-order valence-corrected chi connectivity index (χ0v) is 29.9. The Labute approximate surface area is 306 Å². The number of hydrogen-bond donors (Lipinski definition) is 2. The van der Waals surface area contributed by atoms with Crippen LogP contribution < -0.4 is 11.1 Å². The number of aromatic nitrogens is 5. The van der Waals surface area contributed by atoms with Gasteiger partial charge in [0.1, 0.15) is 17.0 Å². The summed E-state index contributed by atoms with van der Waals surface area (Å²) in [4.78, 5) is 44.7. The van der Waals surface area contributed by atoms with Crippen LogP contribution in [-0.2, 0) is 13.0 Å². The van der Waals surface area contributed by atoms with Gasteiger partial charge < -0.3 is 25.1 Å². The van der Waals surface area contributed by atoms with Crippen molar-refractivity contribution in [2.45, 2.75) is 95.4 Å². The van der Waals surface area contributed by atoms with Crippen LogP contribution in [0.1, 0.15) is 102 Å². The number of rotatable bonds is 3. The molecular weight excluding hydrogens is 668 g/mol. The lowest BCUT2D eigenvalue weighted by atomic mass is 9.94. The van der Waals surface area contributed by atoms with E-state index < -0.39 is 5.82 Å². The van der Waals surface area contributed by atoms with E-state index in [1.54, 1.807) is 6.07 Å². The number of benzene rings is 2. The first-order valence-electron chi connectivity index (χ1n) is 19.3. The van der Waals surface area contributed by atoms with Gasteiger partial charge in [0.25, 0.3) is 11.8 Å². The van der Waals surface area contributed by atoms with E-state index in [1.807, 2.05) is 48.4 Å². The van der Waals surface area contributed by atoms with E-state index in [0.717, 1.165) is 90.3 Å². The number of amides is 2. The summed E-state index contributed by atoms with van der Waals surface area (Å²) in [5.41, 5.74) is 11.6. The van der Waals surface area contributed by atoms with Gasteiger partial charge in [0.2, 0.25) is 0 Å². The lowest BCUT2D eigenvalue weighted by Gasteiger charge is -2.37. The summed E-state index contributed by atoms with van der Waals surface area (Å²) in [6, 6.07) is 17.1. The van der Waals surface area contributed by atoms with Crippen LogP contribution in [0.4, 0.5) is 4.39 Å². The van der Waals surface area contributed by atoms with E-state index >= 15 is 4.39 Å². The second-order valence-electron chi connectivity index (χ2n) is 15.7. The highest BCUT2D eigenvalue weighted by Crippen LogP contribution is 2.44. The van der Waals surface area contributed by atoms with Crippen molar-refractivity contribution >= 4 is 44.7 Å². The van der Waals surface area contributed by atoms with Crippen LogP contribution in [0.5, 0.6) is 0 Å². The first-order chi connectivity index (χ1) is 25.8. The molecule has 4 atom stereocenters. The summed E-state index contributed by atoms with van der Waals surface area (Å²) in [7, 11) is 0. The third-order valence-electron chi connectivity index (χ3n) is 12.2. The lowest BCUT2D eigenvalue weighted by Crippen LogP contribution is -2.51. The molecule has 6 aromatic rings. The fraction of sp³-hybridized carbons (Fsp3) is 0.405. The van der Waals surface area contributed by atoms with Crippen LogP contribution in [0.15, 0.2) is 60.8 Å². The van der Waals surface area contributed by atoms with Crippen molar-refractivity contribution in [3.8, 4) is 11.5 Å². The van der Waals surface area contributed by atoms with E-state index in [-0.39, 0.29) is 36.0 Å². The molecule has 2 amide bonds. The normalized spacial score (nSPS) is 23.5. The van der Waals surface area contributed by atoms with Crippen LogP contribution >= 0.6 is 0 Å². The van der Waals surface area contributed by atoms with E-state index in [9.17, 15) is 9.59 Å². The smallest absolute Gasteiger partial charge is 0.254 e. The van der Waals surface area contributed by atoms with E-state index in [1.165, 1.54) is 6.07 Å². The Morgan fingerprint density at radius 3 is 2.68 bits per heavy atom. The van der Waals surface area contributed by atoms with Crippen molar-refractivity contribution in [3.05, 3.63) is 89.1 Å². The monoisotopic (exact) mass is 710 g/mol. The van der Waals surface area contributed by atoms with Crippen molar-refractivity contribution in [2.24, 2.45) is 11.7 Å². The first-order valence-corrected chi connectivity index (χ1v) is 19.3. The summed E-state index contributed by atoms with van der Waals surface area (Å²) in [5.74, 6) is 0.411. The first kappa shape index (κ1) is 32.5. The number of aryl methyl sites for hydroxylation is 2. The molecule has 53 heavy (non-hydrogen) atoms. The minimum Gasteiger partial charge on any atom is -0.344 e. The number of pyridine rings is 2. The van der Waals surface area contributed by atoms with Gasteiger partial charge in [-0.15, -0.1) is 0 Å². The largest absolute Gasteiger partial charge is 0.344 e. The fourth-order valence-electron chi connectivity index (χ4n) is 9.30. The summed E-state index contributed by atoms with van der Waals surface area (Å²) < 4.78 is 20.6. The Morgan fingerprint density at radius 1 is 0.962 bits per heavy atom. The van der Waals surface area contributed by atoms with E-state index in [4.69, 9.17) is 20.7 Å². The summed E-state index contributed by atoms with van der Waals surface area (Å²) in [5, 5.41) is 6.03. The third-order valence-corrected chi connectivity index (χ3v) is 12.2. The lowest BCUT2D eigenvalue weighted by molar-refractivity contribution is 0.0603. The molecule has 2 aromatic carbocycles. The number of fused-ring (bicyclic) bond motifs is 7. The van der Waals surface area contributed by atoms with Crippen molar-refractivity contribution in [1.29, 1.82) is 0 Å². The number of carbonyl (C=O) groups is 2. The van der Waals surface area contributed by atoms with Crippen molar-refractivity contribution in [1.82, 2.24) is 34.3 Å². The van der Waals surface area contributed by atoms with Crippen LogP contribution in [0.3, 0.4) is 0 Å². The van der Waals surface area contributed by atoms with Gasteiger partial charge in [-0.25, -0.2) is 14.4 Å². The molecule has 11 heteroatoms. The van der Waals surface area contributed by atoms with Gasteiger partial charge in [-0.3, -0.25) is 14.6 Å². The highest BCUT2D eigenvalue weighted by Gasteiger charge is 2.41. The van der Waals surface area contributed by atoms with Gasteiger partial charge in [0.05, 0.1) is 34.2 Å². The molecule has 3 fully saturated rings. The van der Waals surface area contributed by atoms with Gasteiger partial charge >= 0.3 is 0 Å². The van der Waals surface area contributed by atoms with Crippen molar-refractivity contribution < 1.29 is 14.0 Å². The molecule has 2 aliphatic heterocycles. The molecule has 3 N–H and O–H groups in total. The summed E-state index contributed by atoms with van der Waals surface area (Å²) >= 11 is 0. The predicted molar refractivity (Wildman–Crippen MR) is 202 cm³/mol. The maximum atomic E-state index is 16.3. The molecule has 4 aliphatic rings. The molecule has 0 unspecified atom stereocenters. The van der Waals surface area contributed by atoms with Gasteiger partial charge in [-0.2, -0.15) is 0 Å². The molecule has 270 valence electrons. The summed E-state index contributed by atoms with van der Waals surface area (Å²) in [6.45, 7) is 3.17. The maximum Gasteiger partial charge on any atom is 0.254 e. The van der Waals surface area contributed by atoms with Crippen molar-refractivity contribution in [2.75, 3.05) is 6.54 Å². The van der Waals surface area contributed by atoms with E-state index in [0.29, 0.717) is 53.4 Å². The molecule has 4 aromatic heterocycles. The number of carbonyl (C=O) groups excluding carboxylic acids is 2. The minimum absolute atomic E-state index is 0.0436.